The molecule has 3 aromatic heterocycles. The smallest absolute Gasteiger partial charge is 0.264 e. The molecular formula is C17H17N3OS. The number of aryl methyl sites for hydroxylation is 1. The molecule has 1 aliphatic rings. The van der Waals surface area contributed by atoms with Crippen LogP contribution in [0.15, 0.2) is 41.9 Å². The molecule has 0 radical (unpaired) electrons. The molecule has 4 heterocycles. The first kappa shape index (κ1) is 13.5. The minimum atomic E-state index is 0.131. The number of thiophene rings is 1. The molecule has 0 unspecified atom stereocenters. The zero-order valence-electron chi connectivity index (χ0n) is 12.4. The molecule has 0 N–H and O–H groups in total. The van der Waals surface area contributed by atoms with E-state index in [1.807, 2.05) is 41.5 Å². The third-order valence-electron chi connectivity index (χ3n) is 4.23. The van der Waals surface area contributed by atoms with Gasteiger partial charge in [0.1, 0.15) is 5.65 Å². The predicted octanol–water partition coefficient (Wildman–Crippen LogP) is 3.68. The third-order valence-corrected chi connectivity index (χ3v) is 5.09. The molecule has 0 saturated carbocycles. The average molecular weight is 311 g/mol. The molecule has 5 heteroatoms. The van der Waals surface area contributed by atoms with E-state index in [4.69, 9.17) is 0 Å². The van der Waals surface area contributed by atoms with Crippen LogP contribution in [0.2, 0.25) is 0 Å². The van der Waals surface area contributed by atoms with Crippen molar-refractivity contribution in [2.45, 2.75) is 25.8 Å². The van der Waals surface area contributed by atoms with E-state index < -0.39 is 0 Å². The van der Waals surface area contributed by atoms with Gasteiger partial charge in [-0.2, -0.15) is 0 Å². The molecule has 0 bridgehead atoms. The van der Waals surface area contributed by atoms with Gasteiger partial charge < -0.3 is 9.30 Å². The molecular weight excluding hydrogens is 294 g/mol. The van der Waals surface area contributed by atoms with Crippen LogP contribution >= 0.6 is 11.3 Å². The van der Waals surface area contributed by atoms with Crippen LogP contribution in [0.5, 0.6) is 0 Å². The zero-order chi connectivity index (χ0) is 15.1. The van der Waals surface area contributed by atoms with Gasteiger partial charge in [-0.25, -0.2) is 4.98 Å². The first-order chi connectivity index (χ1) is 10.7. The summed E-state index contributed by atoms with van der Waals surface area (Å²) < 4.78 is 2.13. The number of fused-ring (bicyclic) bond motifs is 1. The van der Waals surface area contributed by atoms with Gasteiger partial charge in [-0.3, -0.25) is 4.79 Å². The SMILES string of the molecule is Cc1cn2c([C@H]3CCCN3C(=O)c3cccs3)cccc2n1. The van der Waals surface area contributed by atoms with Crippen molar-refractivity contribution in [1.29, 1.82) is 0 Å². The van der Waals surface area contributed by atoms with Gasteiger partial charge in [0.2, 0.25) is 0 Å². The predicted molar refractivity (Wildman–Crippen MR) is 87.3 cm³/mol. The highest BCUT2D eigenvalue weighted by Crippen LogP contribution is 2.34. The minimum Gasteiger partial charge on any atom is -0.329 e. The van der Waals surface area contributed by atoms with E-state index in [1.165, 1.54) is 11.3 Å². The summed E-state index contributed by atoms with van der Waals surface area (Å²) in [7, 11) is 0. The lowest BCUT2D eigenvalue weighted by Crippen LogP contribution is -2.30. The average Bonchev–Trinajstić information content (AvgIpc) is 3.25. The van der Waals surface area contributed by atoms with Crippen molar-refractivity contribution in [2.75, 3.05) is 6.54 Å². The molecule has 1 amide bonds. The fourth-order valence-electron chi connectivity index (χ4n) is 3.28. The number of likely N-dealkylation sites (tertiary alicyclic amines) is 1. The molecule has 4 rings (SSSR count). The van der Waals surface area contributed by atoms with Crippen LogP contribution in [0.4, 0.5) is 0 Å². The van der Waals surface area contributed by atoms with Gasteiger partial charge in [0.05, 0.1) is 16.6 Å². The third kappa shape index (κ3) is 2.13. The molecule has 0 spiro atoms. The number of imidazole rings is 1. The van der Waals surface area contributed by atoms with Crippen LogP contribution in [0, 0.1) is 6.92 Å². The van der Waals surface area contributed by atoms with Crippen LogP contribution in [-0.4, -0.2) is 26.7 Å². The van der Waals surface area contributed by atoms with Gasteiger partial charge in [0.15, 0.2) is 0 Å². The summed E-state index contributed by atoms with van der Waals surface area (Å²) in [6, 6.07) is 10.1. The second-order valence-corrected chi connectivity index (χ2v) is 6.64. The van der Waals surface area contributed by atoms with Gasteiger partial charge >= 0.3 is 0 Å². The lowest BCUT2D eigenvalue weighted by atomic mass is 10.1. The van der Waals surface area contributed by atoms with Gasteiger partial charge in [0, 0.05) is 18.4 Å². The Balaban J connectivity index is 1.75. The van der Waals surface area contributed by atoms with E-state index in [1.54, 1.807) is 0 Å². The van der Waals surface area contributed by atoms with Crippen LogP contribution in [0.3, 0.4) is 0 Å². The fraction of sp³-hybridized carbons (Fsp3) is 0.294. The Kier molecular flexibility index (Phi) is 3.22. The summed E-state index contributed by atoms with van der Waals surface area (Å²) in [5.41, 5.74) is 3.10. The molecule has 1 aliphatic heterocycles. The van der Waals surface area contributed by atoms with E-state index in [0.717, 1.165) is 41.3 Å². The summed E-state index contributed by atoms with van der Waals surface area (Å²) in [6.07, 6.45) is 4.11. The second-order valence-electron chi connectivity index (χ2n) is 5.70. The van der Waals surface area contributed by atoms with Crippen molar-refractivity contribution in [1.82, 2.24) is 14.3 Å². The summed E-state index contributed by atoms with van der Waals surface area (Å²) in [6.45, 7) is 2.82. The van der Waals surface area contributed by atoms with Crippen LogP contribution in [-0.2, 0) is 0 Å². The molecule has 112 valence electrons. The minimum absolute atomic E-state index is 0.131. The largest absolute Gasteiger partial charge is 0.329 e. The quantitative estimate of drug-likeness (QED) is 0.724. The van der Waals surface area contributed by atoms with Gasteiger partial charge in [-0.1, -0.05) is 12.1 Å². The zero-order valence-corrected chi connectivity index (χ0v) is 13.2. The van der Waals surface area contributed by atoms with Crippen LogP contribution < -0.4 is 0 Å². The molecule has 1 saturated heterocycles. The summed E-state index contributed by atoms with van der Waals surface area (Å²) in [4.78, 5) is 20.1. The Bertz CT molecular complexity index is 822. The monoisotopic (exact) mass is 311 g/mol. The lowest BCUT2D eigenvalue weighted by molar-refractivity contribution is 0.0737. The summed E-state index contributed by atoms with van der Waals surface area (Å²) in [5, 5.41) is 1.96. The molecule has 4 nitrogen and oxygen atoms in total. The molecule has 1 atom stereocenters. The Morgan fingerprint density at radius 2 is 2.23 bits per heavy atom. The van der Waals surface area contributed by atoms with Crippen molar-refractivity contribution < 1.29 is 4.79 Å². The summed E-state index contributed by atoms with van der Waals surface area (Å²) >= 11 is 1.51. The molecule has 3 aromatic rings. The van der Waals surface area contributed by atoms with Crippen LogP contribution in [0.25, 0.3) is 5.65 Å². The number of carbonyl (C=O) groups is 1. The fourth-order valence-corrected chi connectivity index (χ4v) is 3.96. The van der Waals surface area contributed by atoms with E-state index in [-0.39, 0.29) is 11.9 Å². The molecule has 0 aliphatic carbocycles. The number of aromatic nitrogens is 2. The topological polar surface area (TPSA) is 37.6 Å². The van der Waals surface area contributed by atoms with E-state index in [0.29, 0.717) is 0 Å². The number of pyridine rings is 1. The number of carbonyl (C=O) groups excluding carboxylic acids is 1. The molecule has 0 aromatic carbocycles. The van der Waals surface area contributed by atoms with Crippen molar-refractivity contribution in [3.05, 3.63) is 58.2 Å². The lowest BCUT2D eigenvalue weighted by Gasteiger charge is -2.25. The summed E-state index contributed by atoms with van der Waals surface area (Å²) in [5.74, 6) is 0.145. The van der Waals surface area contributed by atoms with E-state index in [2.05, 4.69) is 21.6 Å². The standard InChI is InChI=1S/C17H17N3OS/c1-12-11-20-14(5-2-8-16(20)18-12)13-6-3-9-19(13)17(21)15-7-4-10-22-15/h2,4-5,7-8,10-11,13H,3,6,9H2,1H3/t13-/m1/s1. The van der Waals surface area contributed by atoms with Gasteiger partial charge in [-0.15, -0.1) is 11.3 Å². The van der Waals surface area contributed by atoms with Crippen molar-refractivity contribution >= 4 is 22.9 Å². The van der Waals surface area contributed by atoms with E-state index >= 15 is 0 Å². The van der Waals surface area contributed by atoms with Crippen LogP contribution in [0.1, 0.15) is 39.9 Å². The Morgan fingerprint density at radius 1 is 1.32 bits per heavy atom. The first-order valence-electron chi connectivity index (χ1n) is 7.53. The number of rotatable bonds is 2. The molecule has 22 heavy (non-hydrogen) atoms. The number of hydrogen-bond acceptors (Lipinski definition) is 3. The van der Waals surface area contributed by atoms with Crippen molar-refractivity contribution in [3.63, 3.8) is 0 Å². The second kappa shape index (κ2) is 5.25. The highest BCUT2D eigenvalue weighted by molar-refractivity contribution is 7.12. The maximum absolute atomic E-state index is 12.7. The number of nitrogens with zero attached hydrogens (tertiary/aromatic N) is 3. The number of hydrogen-bond donors (Lipinski definition) is 0. The maximum atomic E-state index is 12.7. The number of amides is 1. The molecule has 1 fully saturated rings. The Hall–Kier alpha value is -2.14. The van der Waals surface area contributed by atoms with Gasteiger partial charge in [0.25, 0.3) is 5.91 Å². The van der Waals surface area contributed by atoms with Gasteiger partial charge in [-0.05, 0) is 43.3 Å². The Morgan fingerprint density at radius 3 is 3.05 bits per heavy atom. The Labute approximate surface area is 133 Å². The first-order valence-corrected chi connectivity index (χ1v) is 8.41. The highest BCUT2D eigenvalue weighted by Gasteiger charge is 2.32. The normalized spacial score (nSPS) is 18.2. The van der Waals surface area contributed by atoms with Crippen molar-refractivity contribution in [2.24, 2.45) is 0 Å². The maximum Gasteiger partial charge on any atom is 0.264 e. The highest BCUT2D eigenvalue weighted by atomic mass is 32.1. The van der Waals surface area contributed by atoms with E-state index in [9.17, 15) is 4.79 Å². The van der Waals surface area contributed by atoms with Crippen molar-refractivity contribution in [3.8, 4) is 0 Å².